The SMILES string of the molecule is COc1cc(C(=O)NC[C@H](O)c2ccc([N+](=O)[O-])cc2)cc(Cl)c1OC. The van der Waals surface area contributed by atoms with E-state index in [9.17, 15) is 20.0 Å². The lowest BCUT2D eigenvalue weighted by Gasteiger charge is -2.14. The molecule has 0 aliphatic heterocycles. The van der Waals surface area contributed by atoms with E-state index in [0.717, 1.165) is 0 Å². The summed E-state index contributed by atoms with van der Waals surface area (Å²) in [4.78, 5) is 22.4. The Balaban J connectivity index is 2.06. The number of hydrogen-bond acceptors (Lipinski definition) is 6. The highest BCUT2D eigenvalue weighted by atomic mass is 35.5. The van der Waals surface area contributed by atoms with E-state index >= 15 is 0 Å². The summed E-state index contributed by atoms with van der Waals surface area (Å²) in [5.41, 5.74) is 0.606. The Morgan fingerprint density at radius 3 is 2.46 bits per heavy atom. The molecule has 0 heterocycles. The maximum absolute atomic E-state index is 12.3. The number of halogens is 1. The Morgan fingerprint density at radius 1 is 1.27 bits per heavy atom. The molecule has 2 N–H and O–H groups in total. The zero-order valence-electron chi connectivity index (χ0n) is 14.1. The minimum Gasteiger partial charge on any atom is -0.493 e. The predicted octanol–water partition coefficient (Wildman–Crippen LogP) is 2.73. The van der Waals surface area contributed by atoms with E-state index in [2.05, 4.69) is 5.32 Å². The molecule has 2 aromatic rings. The van der Waals surface area contributed by atoms with Crippen LogP contribution in [0, 0.1) is 10.1 Å². The van der Waals surface area contributed by atoms with Crippen LogP contribution in [0.5, 0.6) is 11.5 Å². The number of nitrogens with one attached hydrogen (secondary N) is 1. The quantitative estimate of drug-likeness (QED) is 0.564. The van der Waals surface area contributed by atoms with Crippen LogP contribution in [0.15, 0.2) is 36.4 Å². The van der Waals surface area contributed by atoms with Crippen LogP contribution in [-0.4, -0.2) is 36.7 Å². The fourth-order valence-corrected chi connectivity index (χ4v) is 2.56. The normalized spacial score (nSPS) is 11.5. The second kappa shape index (κ2) is 8.50. The van der Waals surface area contributed by atoms with Gasteiger partial charge in [0.05, 0.1) is 30.3 Å². The first-order valence-electron chi connectivity index (χ1n) is 7.49. The monoisotopic (exact) mass is 380 g/mol. The molecule has 9 heteroatoms. The zero-order valence-corrected chi connectivity index (χ0v) is 14.8. The molecule has 1 atom stereocenters. The van der Waals surface area contributed by atoms with Crippen LogP contribution in [-0.2, 0) is 0 Å². The summed E-state index contributed by atoms with van der Waals surface area (Å²) in [5, 5.41) is 23.6. The fraction of sp³-hybridized carbons (Fsp3) is 0.235. The topological polar surface area (TPSA) is 111 Å². The summed E-state index contributed by atoms with van der Waals surface area (Å²) in [6.45, 7) is -0.0807. The molecule has 26 heavy (non-hydrogen) atoms. The van der Waals surface area contributed by atoms with Crippen molar-refractivity contribution in [2.75, 3.05) is 20.8 Å². The summed E-state index contributed by atoms with van der Waals surface area (Å²) >= 11 is 6.07. The van der Waals surface area contributed by atoms with Gasteiger partial charge in [-0.3, -0.25) is 14.9 Å². The lowest BCUT2D eigenvalue weighted by Crippen LogP contribution is -2.28. The second-order valence-electron chi connectivity index (χ2n) is 5.27. The van der Waals surface area contributed by atoms with Crippen molar-refractivity contribution in [2.45, 2.75) is 6.10 Å². The van der Waals surface area contributed by atoms with Gasteiger partial charge in [-0.2, -0.15) is 0 Å². The third-order valence-corrected chi connectivity index (χ3v) is 3.92. The van der Waals surface area contributed by atoms with Crippen LogP contribution in [0.2, 0.25) is 5.02 Å². The zero-order chi connectivity index (χ0) is 19.3. The van der Waals surface area contributed by atoms with Crippen LogP contribution >= 0.6 is 11.6 Å². The smallest absolute Gasteiger partial charge is 0.269 e. The van der Waals surface area contributed by atoms with E-state index < -0.39 is 16.9 Å². The average molecular weight is 381 g/mol. The van der Waals surface area contributed by atoms with Gasteiger partial charge in [0.1, 0.15) is 0 Å². The molecule has 0 aliphatic carbocycles. The van der Waals surface area contributed by atoms with Gasteiger partial charge in [0.2, 0.25) is 0 Å². The van der Waals surface area contributed by atoms with Crippen molar-refractivity contribution in [3.8, 4) is 11.5 Å². The van der Waals surface area contributed by atoms with Crippen LogP contribution < -0.4 is 14.8 Å². The highest BCUT2D eigenvalue weighted by Crippen LogP contribution is 2.36. The van der Waals surface area contributed by atoms with Crippen molar-refractivity contribution in [1.29, 1.82) is 0 Å². The van der Waals surface area contributed by atoms with E-state index in [1.807, 2.05) is 0 Å². The standard InChI is InChI=1S/C17H17ClN2O6/c1-25-15-8-11(7-13(18)16(15)26-2)17(22)19-9-14(21)10-3-5-12(6-4-10)20(23)24/h3-8,14,21H,9H2,1-2H3,(H,19,22)/t14-/m0/s1. The molecule has 138 valence electrons. The lowest BCUT2D eigenvalue weighted by molar-refractivity contribution is -0.384. The minimum atomic E-state index is -1.02. The number of amides is 1. The number of methoxy groups -OCH3 is 2. The first-order chi connectivity index (χ1) is 12.4. The molecular formula is C17H17ClN2O6. The predicted molar refractivity (Wildman–Crippen MR) is 94.9 cm³/mol. The summed E-state index contributed by atoms with van der Waals surface area (Å²) in [7, 11) is 2.86. The molecule has 1 amide bonds. The molecule has 0 unspecified atom stereocenters. The van der Waals surface area contributed by atoms with E-state index in [-0.39, 0.29) is 22.8 Å². The molecule has 0 aromatic heterocycles. The van der Waals surface area contributed by atoms with Gasteiger partial charge in [-0.1, -0.05) is 11.6 Å². The van der Waals surface area contributed by atoms with E-state index in [0.29, 0.717) is 17.1 Å². The van der Waals surface area contributed by atoms with Gasteiger partial charge in [0, 0.05) is 24.2 Å². The number of rotatable bonds is 7. The number of aliphatic hydroxyl groups is 1. The number of nitro groups is 1. The molecule has 0 fully saturated rings. The van der Waals surface area contributed by atoms with Crippen LogP contribution in [0.3, 0.4) is 0 Å². The lowest BCUT2D eigenvalue weighted by atomic mass is 10.1. The molecular weight excluding hydrogens is 364 g/mol. The summed E-state index contributed by atoms with van der Waals surface area (Å²) < 4.78 is 10.2. The van der Waals surface area contributed by atoms with E-state index in [1.54, 1.807) is 0 Å². The Labute approximate surface area is 154 Å². The van der Waals surface area contributed by atoms with E-state index in [1.165, 1.54) is 50.6 Å². The van der Waals surface area contributed by atoms with Gasteiger partial charge in [-0.15, -0.1) is 0 Å². The second-order valence-corrected chi connectivity index (χ2v) is 5.68. The largest absolute Gasteiger partial charge is 0.493 e. The van der Waals surface area contributed by atoms with Crippen molar-refractivity contribution in [2.24, 2.45) is 0 Å². The number of non-ortho nitro benzene ring substituents is 1. The molecule has 0 aliphatic rings. The number of carbonyl (C=O) groups excluding carboxylic acids is 1. The molecule has 0 saturated carbocycles. The fourth-order valence-electron chi connectivity index (χ4n) is 2.28. The molecule has 0 saturated heterocycles. The van der Waals surface area contributed by atoms with E-state index in [4.69, 9.17) is 21.1 Å². The summed E-state index contributed by atoms with van der Waals surface area (Å²) in [6, 6.07) is 8.34. The number of carbonyl (C=O) groups is 1. The van der Waals surface area contributed by atoms with Crippen molar-refractivity contribution in [1.82, 2.24) is 5.32 Å². The third-order valence-electron chi connectivity index (χ3n) is 3.64. The average Bonchev–Trinajstić information content (AvgIpc) is 2.64. The highest BCUT2D eigenvalue weighted by Gasteiger charge is 2.17. The Morgan fingerprint density at radius 2 is 1.92 bits per heavy atom. The molecule has 8 nitrogen and oxygen atoms in total. The van der Waals surface area contributed by atoms with Crippen LogP contribution in [0.1, 0.15) is 22.0 Å². The molecule has 0 bridgehead atoms. The number of hydrogen-bond donors (Lipinski definition) is 2. The molecule has 0 spiro atoms. The Hall–Kier alpha value is -2.84. The minimum absolute atomic E-state index is 0.0787. The van der Waals surface area contributed by atoms with Crippen molar-refractivity contribution >= 4 is 23.2 Å². The summed E-state index contributed by atoms with van der Waals surface area (Å²) in [5.74, 6) is 0.159. The number of aliphatic hydroxyl groups excluding tert-OH is 1. The Bertz CT molecular complexity index is 810. The van der Waals surface area contributed by atoms with Gasteiger partial charge >= 0.3 is 0 Å². The third kappa shape index (κ3) is 4.41. The van der Waals surface area contributed by atoms with Gasteiger partial charge in [0.25, 0.3) is 11.6 Å². The maximum Gasteiger partial charge on any atom is 0.269 e. The van der Waals surface area contributed by atoms with Gasteiger partial charge in [0.15, 0.2) is 11.5 Å². The number of ether oxygens (including phenoxy) is 2. The Kier molecular flexibility index (Phi) is 6.37. The first kappa shape index (κ1) is 19.5. The molecule has 2 aromatic carbocycles. The van der Waals surface area contributed by atoms with Crippen LogP contribution in [0.4, 0.5) is 5.69 Å². The van der Waals surface area contributed by atoms with Crippen molar-refractivity contribution < 1.29 is 24.3 Å². The highest BCUT2D eigenvalue weighted by molar-refractivity contribution is 6.32. The number of benzene rings is 2. The molecule has 2 rings (SSSR count). The van der Waals surface area contributed by atoms with Crippen molar-refractivity contribution in [3.05, 3.63) is 62.7 Å². The summed E-state index contributed by atoms with van der Waals surface area (Å²) in [6.07, 6.45) is -1.02. The van der Waals surface area contributed by atoms with Gasteiger partial charge < -0.3 is 19.9 Å². The first-order valence-corrected chi connectivity index (χ1v) is 7.87. The van der Waals surface area contributed by atoms with Gasteiger partial charge in [-0.25, -0.2) is 0 Å². The number of nitrogens with zero attached hydrogens (tertiary/aromatic N) is 1. The van der Waals surface area contributed by atoms with Gasteiger partial charge in [-0.05, 0) is 29.8 Å². The maximum atomic E-state index is 12.3. The van der Waals surface area contributed by atoms with Crippen molar-refractivity contribution in [3.63, 3.8) is 0 Å². The van der Waals surface area contributed by atoms with Crippen LogP contribution in [0.25, 0.3) is 0 Å². The number of nitro benzene ring substituents is 1. The molecule has 0 radical (unpaired) electrons.